The number of amides is 1. The summed E-state index contributed by atoms with van der Waals surface area (Å²) in [7, 11) is 0. The predicted molar refractivity (Wildman–Crippen MR) is 116 cm³/mol. The molecule has 1 amide bonds. The van der Waals surface area contributed by atoms with Gasteiger partial charge in [-0.25, -0.2) is 9.97 Å². The van der Waals surface area contributed by atoms with Gasteiger partial charge in [-0.2, -0.15) is 0 Å². The number of carbonyl (C=O) groups is 1. The third-order valence-corrected chi connectivity index (χ3v) is 5.15. The molecule has 2 heterocycles. The van der Waals surface area contributed by atoms with Crippen molar-refractivity contribution in [1.82, 2.24) is 19.1 Å². The molecule has 1 N–H and O–H groups in total. The topological polar surface area (TPSA) is 81.8 Å². The van der Waals surface area contributed by atoms with E-state index in [4.69, 9.17) is 0 Å². The van der Waals surface area contributed by atoms with Gasteiger partial charge in [0.25, 0.3) is 5.56 Å². The highest BCUT2D eigenvalue weighted by Crippen LogP contribution is 2.13. The first-order valence-corrected chi connectivity index (χ1v) is 9.82. The predicted octanol–water partition coefficient (Wildman–Crippen LogP) is 3.29. The number of nitrogens with zero attached hydrogens (tertiary/aromatic N) is 4. The Kier molecular flexibility index (Phi) is 5.43. The van der Waals surface area contributed by atoms with Crippen LogP contribution in [0, 0.1) is 13.8 Å². The molecule has 0 atom stereocenters. The summed E-state index contributed by atoms with van der Waals surface area (Å²) in [6, 6.07) is 13.3. The Labute approximate surface area is 174 Å². The van der Waals surface area contributed by atoms with Crippen LogP contribution in [0.15, 0.2) is 66.0 Å². The largest absolute Gasteiger partial charge is 0.331 e. The molecule has 30 heavy (non-hydrogen) atoms. The van der Waals surface area contributed by atoms with Crippen LogP contribution >= 0.6 is 0 Å². The molecule has 0 aliphatic rings. The Morgan fingerprint density at radius 3 is 2.57 bits per heavy atom. The second-order valence-corrected chi connectivity index (χ2v) is 7.31. The fraction of sp³-hybridized carbons (Fsp3) is 0.217. The molecular weight excluding hydrogens is 378 g/mol. The zero-order valence-electron chi connectivity index (χ0n) is 17.0. The summed E-state index contributed by atoms with van der Waals surface area (Å²) in [4.78, 5) is 33.6. The SMILES string of the molecule is Cc1cccc2c(=O)n(CCC(=O)Nc3ccc(Cn4ccnc4C)cc3)cnc12. The second kappa shape index (κ2) is 8.32. The highest BCUT2D eigenvalue weighted by Gasteiger charge is 2.08. The van der Waals surface area contributed by atoms with Gasteiger partial charge in [-0.05, 0) is 43.2 Å². The van der Waals surface area contributed by atoms with Gasteiger partial charge in [0.15, 0.2) is 0 Å². The van der Waals surface area contributed by atoms with E-state index < -0.39 is 0 Å². The summed E-state index contributed by atoms with van der Waals surface area (Å²) in [5.74, 6) is 0.811. The molecule has 0 fully saturated rings. The van der Waals surface area contributed by atoms with Crippen LogP contribution in [0.1, 0.15) is 23.4 Å². The third-order valence-electron chi connectivity index (χ3n) is 5.15. The molecule has 0 unspecified atom stereocenters. The van der Waals surface area contributed by atoms with E-state index >= 15 is 0 Å². The number of imidazole rings is 1. The number of benzene rings is 2. The number of rotatable bonds is 6. The van der Waals surface area contributed by atoms with E-state index in [1.165, 1.54) is 10.9 Å². The summed E-state index contributed by atoms with van der Waals surface area (Å²) >= 11 is 0. The Bertz CT molecular complexity index is 1250. The summed E-state index contributed by atoms with van der Waals surface area (Å²) in [6.45, 7) is 4.90. The van der Waals surface area contributed by atoms with Crippen molar-refractivity contribution in [2.75, 3.05) is 5.32 Å². The number of para-hydroxylation sites is 1. The molecule has 7 heteroatoms. The lowest BCUT2D eigenvalue weighted by atomic mass is 10.1. The van der Waals surface area contributed by atoms with Crippen LogP contribution in [0.2, 0.25) is 0 Å². The van der Waals surface area contributed by atoms with Crippen molar-refractivity contribution in [2.45, 2.75) is 33.4 Å². The van der Waals surface area contributed by atoms with Gasteiger partial charge in [-0.3, -0.25) is 14.2 Å². The quantitative estimate of drug-likeness (QED) is 0.538. The molecule has 0 spiro atoms. The number of fused-ring (bicyclic) bond motifs is 1. The maximum atomic E-state index is 12.6. The van der Waals surface area contributed by atoms with E-state index in [0.29, 0.717) is 10.9 Å². The number of hydrogen-bond acceptors (Lipinski definition) is 4. The van der Waals surface area contributed by atoms with Gasteiger partial charge in [-0.15, -0.1) is 0 Å². The van der Waals surface area contributed by atoms with Crippen LogP contribution in [0.4, 0.5) is 5.69 Å². The minimum Gasteiger partial charge on any atom is -0.331 e. The molecule has 4 aromatic rings. The maximum absolute atomic E-state index is 12.6. The Morgan fingerprint density at radius 2 is 1.83 bits per heavy atom. The van der Waals surface area contributed by atoms with Crippen molar-refractivity contribution in [3.8, 4) is 0 Å². The summed E-state index contributed by atoms with van der Waals surface area (Å²) in [5.41, 5.74) is 3.38. The lowest BCUT2D eigenvalue weighted by molar-refractivity contribution is -0.116. The molecule has 152 valence electrons. The molecule has 0 radical (unpaired) electrons. The Hall–Kier alpha value is -3.74. The average molecular weight is 401 g/mol. The van der Waals surface area contributed by atoms with Crippen LogP contribution in [0.5, 0.6) is 0 Å². The molecule has 0 saturated heterocycles. The number of anilines is 1. The Balaban J connectivity index is 1.37. The zero-order valence-corrected chi connectivity index (χ0v) is 17.0. The first-order chi connectivity index (χ1) is 14.5. The molecule has 4 rings (SSSR count). The maximum Gasteiger partial charge on any atom is 0.261 e. The second-order valence-electron chi connectivity index (χ2n) is 7.31. The molecule has 0 bridgehead atoms. The summed E-state index contributed by atoms with van der Waals surface area (Å²) in [5, 5.41) is 3.45. The standard InChI is InChI=1S/C23H23N5O2/c1-16-4-3-5-20-22(16)25-15-28(23(20)30)12-10-21(29)26-19-8-6-18(7-9-19)14-27-13-11-24-17(27)2/h3-9,11,13,15H,10,12,14H2,1-2H3,(H,26,29). The van der Waals surface area contributed by atoms with E-state index in [0.717, 1.165) is 29.2 Å². The molecule has 2 aromatic heterocycles. The minimum absolute atomic E-state index is 0.129. The minimum atomic E-state index is -0.149. The molecule has 0 saturated carbocycles. The smallest absolute Gasteiger partial charge is 0.261 e. The van der Waals surface area contributed by atoms with Crippen molar-refractivity contribution in [3.63, 3.8) is 0 Å². The first kappa shape index (κ1) is 19.6. The molecule has 0 aliphatic heterocycles. The van der Waals surface area contributed by atoms with Crippen LogP contribution in [0.25, 0.3) is 10.9 Å². The fourth-order valence-electron chi connectivity index (χ4n) is 3.40. The number of aryl methyl sites for hydroxylation is 3. The number of hydrogen-bond donors (Lipinski definition) is 1. The molecule has 7 nitrogen and oxygen atoms in total. The highest BCUT2D eigenvalue weighted by atomic mass is 16.1. The molecule has 2 aromatic carbocycles. The number of aromatic nitrogens is 4. The van der Waals surface area contributed by atoms with Gasteiger partial charge in [0, 0.05) is 37.6 Å². The monoisotopic (exact) mass is 401 g/mol. The van der Waals surface area contributed by atoms with Gasteiger partial charge in [-0.1, -0.05) is 24.3 Å². The third kappa shape index (κ3) is 4.15. The van der Waals surface area contributed by atoms with Gasteiger partial charge >= 0.3 is 0 Å². The first-order valence-electron chi connectivity index (χ1n) is 9.82. The number of nitrogens with one attached hydrogen (secondary N) is 1. The van der Waals surface area contributed by atoms with Crippen molar-refractivity contribution in [2.24, 2.45) is 0 Å². The van der Waals surface area contributed by atoms with E-state index in [2.05, 4.69) is 19.9 Å². The van der Waals surface area contributed by atoms with Crippen LogP contribution in [0.3, 0.4) is 0 Å². The van der Waals surface area contributed by atoms with Gasteiger partial charge in [0.2, 0.25) is 5.91 Å². The zero-order chi connectivity index (χ0) is 21.1. The van der Waals surface area contributed by atoms with Gasteiger partial charge in [0.1, 0.15) is 5.82 Å². The van der Waals surface area contributed by atoms with E-state index in [1.54, 1.807) is 12.3 Å². The Morgan fingerprint density at radius 1 is 1.03 bits per heavy atom. The van der Waals surface area contributed by atoms with Crippen molar-refractivity contribution < 1.29 is 4.79 Å². The lowest BCUT2D eigenvalue weighted by Gasteiger charge is -2.10. The number of carbonyl (C=O) groups excluding carboxylic acids is 1. The van der Waals surface area contributed by atoms with Crippen LogP contribution in [-0.4, -0.2) is 25.0 Å². The van der Waals surface area contributed by atoms with Gasteiger partial charge in [0.05, 0.1) is 17.2 Å². The fourth-order valence-corrected chi connectivity index (χ4v) is 3.40. The van der Waals surface area contributed by atoms with E-state index in [9.17, 15) is 9.59 Å². The highest BCUT2D eigenvalue weighted by molar-refractivity contribution is 5.90. The van der Waals surface area contributed by atoms with Crippen molar-refractivity contribution in [3.05, 3.63) is 88.5 Å². The van der Waals surface area contributed by atoms with Crippen molar-refractivity contribution >= 4 is 22.5 Å². The van der Waals surface area contributed by atoms with Gasteiger partial charge < -0.3 is 9.88 Å². The van der Waals surface area contributed by atoms with E-state index in [1.807, 2.05) is 56.4 Å². The average Bonchev–Trinajstić information content (AvgIpc) is 3.14. The summed E-state index contributed by atoms with van der Waals surface area (Å²) in [6.07, 6.45) is 5.42. The van der Waals surface area contributed by atoms with Crippen LogP contribution in [-0.2, 0) is 17.9 Å². The van der Waals surface area contributed by atoms with Crippen molar-refractivity contribution in [1.29, 1.82) is 0 Å². The molecular formula is C23H23N5O2. The molecule has 0 aliphatic carbocycles. The summed E-state index contributed by atoms with van der Waals surface area (Å²) < 4.78 is 3.54. The van der Waals surface area contributed by atoms with Crippen LogP contribution < -0.4 is 10.9 Å². The normalized spacial score (nSPS) is 11.0. The van der Waals surface area contributed by atoms with E-state index in [-0.39, 0.29) is 24.4 Å². The lowest BCUT2D eigenvalue weighted by Crippen LogP contribution is -2.23.